The van der Waals surface area contributed by atoms with E-state index in [1.54, 1.807) is 30.3 Å². The molecule has 2 aromatic carbocycles. The first kappa shape index (κ1) is 18.1. The number of amides is 2. The van der Waals surface area contributed by atoms with Crippen LogP contribution in [0.3, 0.4) is 0 Å². The zero-order chi connectivity index (χ0) is 18.1. The third-order valence-corrected chi connectivity index (χ3v) is 3.22. The van der Waals surface area contributed by atoms with E-state index in [1.165, 1.54) is 7.11 Å². The number of benzene rings is 2. The van der Waals surface area contributed by atoms with Crippen molar-refractivity contribution < 1.29 is 23.8 Å². The van der Waals surface area contributed by atoms with E-state index < -0.39 is 11.8 Å². The molecule has 0 spiro atoms. The zero-order valence-corrected chi connectivity index (χ0v) is 14.1. The zero-order valence-electron chi connectivity index (χ0n) is 14.1. The van der Waals surface area contributed by atoms with Gasteiger partial charge in [0, 0.05) is 0 Å². The van der Waals surface area contributed by atoms with Gasteiger partial charge in [0.15, 0.2) is 24.7 Å². The summed E-state index contributed by atoms with van der Waals surface area (Å²) in [6.45, 7) is 1.40. The highest BCUT2D eigenvalue weighted by atomic mass is 16.5. The van der Waals surface area contributed by atoms with E-state index in [0.717, 1.165) is 5.56 Å². The molecule has 2 aromatic rings. The van der Waals surface area contributed by atoms with Crippen molar-refractivity contribution >= 4 is 11.8 Å². The van der Waals surface area contributed by atoms with Crippen molar-refractivity contribution in [3.05, 3.63) is 54.1 Å². The third kappa shape index (κ3) is 5.72. The summed E-state index contributed by atoms with van der Waals surface area (Å²) in [6, 6.07) is 14.3. The van der Waals surface area contributed by atoms with Crippen molar-refractivity contribution in [2.24, 2.45) is 0 Å². The number of para-hydroxylation sites is 3. The first-order valence-electron chi connectivity index (χ1n) is 7.62. The number of carbonyl (C=O) groups is 2. The van der Waals surface area contributed by atoms with E-state index in [1.807, 2.05) is 25.1 Å². The fourth-order valence-corrected chi connectivity index (χ4v) is 1.95. The molecule has 0 aromatic heterocycles. The second-order valence-electron chi connectivity index (χ2n) is 5.09. The van der Waals surface area contributed by atoms with Crippen molar-refractivity contribution in [1.29, 1.82) is 0 Å². The lowest BCUT2D eigenvalue weighted by molar-refractivity contribution is -0.131. The van der Waals surface area contributed by atoms with Crippen molar-refractivity contribution in [3.8, 4) is 17.2 Å². The highest BCUT2D eigenvalue weighted by Gasteiger charge is 2.09. The molecule has 0 unspecified atom stereocenters. The number of hydrazine groups is 1. The molecule has 7 nitrogen and oxygen atoms in total. The van der Waals surface area contributed by atoms with Gasteiger partial charge in [-0.3, -0.25) is 20.4 Å². The Morgan fingerprint density at radius 2 is 1.28 bits per heavy atom. The van der Waals surface area contributed by atoms with Crippen LogP contribution >= 0.6 is 0 Å². The average molecular weight is 344 g/mol. The molecule has 0 aliphatic heterocycles. The van der Waals surface area contributed by atoms with Crippen LogP contribution in [-0.2, 0) is 9.59 Å². The summed E-state index contributed by atoms with van der Waals surface area (Å²) < 4.78 is 15.8. The van der Waals surface area contributed by atoms with E-state index in [0.29, 0.717) is 17.2 Å². The smallest absolute Gasteiger partial charge is 0.276 e. The molecule has 0 radical (unpaired) electrons. The second kappa shape index (κ2) is 9.17. The summed E-state index contributed by atoms with van der Waals surface area (Å²) in [4.78, 5) is 23.4. The second-order valence-corrected chi connectivity index (χ2v) is 5.09. The predicted octanol–water partition coefficient (Wildman–Crippen LogP) is 1.61. The maximum Gasteiger partial charge on any atom is 0.276 e. The summed E-state index contributed by atoms with van der Waals surface area (Å²) in [5.41, 5.74) is 5.44. The van der Waals surface area contributed by atoms with Gasteiger partial charge in [-0.1, -0.05) is 30.3 Å². The molecule has 0 saturated heterocycles. The Labute approximate surface area is 145 Å². The maximum absolute atomic E-state index is 11.7. The number of ether oxygens (including phenoxy) is 3. The number of carbonyl (C=O) groups excluding carboxylic acids is 2. The highest BCUT2D eigenvalue weighted by molar-refractivity contribution is 5.83. The van der Waals surface area contributed by atoms with Gasteiger partial charge in [0.05, 0.1) is 7.11 Å². The van der Waals surface area contributed by atoms with E-state index in [9.17, 15) is 9.59 Å². The van der Waals surface area contributed by atoms with Crippen LogP contribution in [0, 0.1) is 6.92 Å². The first-order valence-corrected chi connectivity index (χ1v) is 7.62. The number of nitrogens with one attached hydrogen (secondary N) is 2. The lowest BCUT2D eigenvalue weighted by atomic mass is 10.2. The summed E-state index contributed by atoms with van der Waals surface area (Å²) in [5.74, 6) is 0.591. The van der Waals surface area contributed by atoms with E-state index >= 15 is 0 Å². The molecule has 0 fully saturated rings. The molecule has 0 aliphatic rings. The Morgan fingerprint density at radius 3 is 1.84 bits per heavy atom. The number of aryl methyl sites for hydroxylation is 1. The molecule has 7 heteroatoms. The van der Waals surface area contributed by atoms with Crippen LogP contribution in [-0.4, -0.2) is 32.1 Å². The Hall–Kier alpha value is -3.22. The van der Waals surface area contributed by atoms with Crippen LogP contribution in [0.1, 0.15) is 5.56 Å². The number of rotatable bonds is 7. The van der Waals surface area contributed by atoms with E-state index in [2.05, 4.69) is 10.9 Å². The Morgan fingerprint density at radius 1 is 0.800 bits per heavy atom. The Balaban J connectivity index is 1.71. The molecule has 132 valence electrons. The molecular weight excluding hydrogens is 324 g/mol. The van der Waals surface area contributed by atoms with Gasteiger partial charge in [-0.05, 0) is 30.7 Å². The Bertz CT molecular complexity index is 733. The van der Waals surface area contributed by atoms with Gasteiger partial charge in [0.1, 0.15) is 5.75 Å². The standard InChI is InChI=1S/C18H20N2O5/c1-13-7-3-4-8-14(13)24-11-17(21)19-20-18(22)12-25-16-10-6-5-9-15(16)23-2/h3-10H,11-12H2,1-2H3,(H,19,21)(H,20,22). The minimum absolute atomic E-state index is 0.210. The maximum atomic E-state index is 11.7. The summed E-state index contributed by atoms with van der Waals surface area (Å²) >= 11 is 0. The summed E-state index contributed by atoms with van der Waals surface area (Å²) in [6.07, 6.45) is 0. The molecule has 0 aliphatic carbocycles. The van der Waals surface area contributed by atoms with Gasteiger partial charge < -0.3 is 14.2 Å². The SMILES string of the molecule is COc1ccccc1OCC(=O)NNC(=O)COc1ccccc1C. The third-order valence-electron chi connectivity index (χ3n) is 3.22. The van der Waals surface area contributed by atoms with Crippen molar-refractivity contribution in [3.63, 3.8) is 0 Å². The number of hydrogen-bond acceptors (Lipinski definition) is 5. The van der Waals surface area contributed by atoms with Gasteiger partial charge in [0.25, 0.3) is 11.8 Å². The molecule has 0 heterocycles. The van der Waals surface area contributed by atoms with Crippen LogP contribution < -0.4 is 25.1 Å². The lowest BCUT2D eigenvalue weighted by Crippen LogP contribution is -2.45. The van der Waals surface area contributed by atoms with Crippen LogP contribution in [0.25, 0.3) is 0 Å². The van der Waals surface area contributed by atoms with Crippen LogP contribution in [0.2, 0.25) is 0 Å². The van der Waals surface area contributed by atoms with E-state index in [-0.39, 0.29) is 13.2 Å². The molecule has 0 atom stereocenters. The minimum Gasteiger partial charge on any atom is -0.493 e. The number of hydrogen-bond donors (Lipinski definition) is 2. The van der Waals surface area contributed by atoms with Crippen LogP contribution in [0.15, 0.2) is 48.5 Å². The molecule has 2 N–H and O–H groups in total. The van der Waals surface area contributed by atoms with Crippen molar-refractivity contribution in [2.45, 2.75) is 6.92 Å². The van der Waals surface area contributed by atoms with Crippen molar-refractivity contribution in [1.82, 2.24) is 10.9 Å². The van der Waals surface area contributed by atoms with Crippen LogP contribution in [0.4, 0.5) is 0 Å². The summed E-state index contributed by atoms with van der Waals surface area (Å²) in [7, 11) is 1.51. The van der Waals surface area contributed by atoms with E-state index in [4.69, 9.17) is 14.2 Å². The highest BCUT2D eigenvalue weighted by Crippen LogP contribution is 2.25. The van der Waals surface area contributed by atoms with Gasteiger partial charge in [-0.15, -0.1) is 0 Å². The average Bonchev–Trinajstić information content (AvgIpc) is 2.64. The van der Waals surface area contributed by atoms with Gasteiger partial charge >= 0.3 is 0 Å². The fourth-order valence-electron chi connectivity index (χ4n) is 1.95. The van der Waals surface area contributed by atoms with Crippen LogP contribution in [0.5, 0.6) is 17.2 Å². The predicted molar refractivity (Wildman–Crippen MR) is 91.4 cm³/mol. The minimum atomic E-state index is -0.504. The van der Waals surface area contributed by atoms with Gasteiger partial charge in [0.2, 0.25) is 0 Å². The summed E-state index contributed by atoms with van der Waals surface area (Å²) in [5, 5.41) is 0. The topological polar surface area (TPSA) is 85.9 Å². The quantitative estimate of drug-likeness (QED) is 0.745. The first-order chi connectivity index (χ1) is 12.1. The Kier molecular flexibility index (Phi) is 6.65. The molecule has 0 saturated carbocycles. The molecule has 2 amide bonds. The van der Waals surface area contributed by atoms with Gasteiger partial charge in [-0.25, -0.2) is 0 Å². The molecule has 2 rings (SSSR count). The number of methoxy groups -OCH3 is 1. The lowest BCUT2D eigenvalue weighted by Gasteiger charge is -2.12. The monoisotopic (exact) mass is 344 g/mol. The van der Waals surface area contributed by atoms with Crippen molar-refractivity contribution in [2.75, 3.05) is 20.3 Å². The largest absolute Gasteiger partial charge is 0.493 e. The van der Waals surface area contributed by atoms with Gasteiger partial charge in [-0.2, -0.15) is 0 Å². The normalized spacial score (nSPS) is 9.84. The molecular formula is C18H20N2O5. The fraction of sp³-hybridized carbons (Fsp3) is 0.222. The molecule has 25 heavy (non-hydrogen) atoms. The molecule has 0 bridgehead atoms.